The molecule has 0 unspecified atom stereocenters. The largest absolute Gasteiger partial charge is 0.352 e. The smallest absolute Gasteiger partial charge is 0.325 e. The minimum Gasteiger partial charge on any atom is -0.352 e. The van der Waals surface area contributed by atoms with Gasteiger partial charge in [-0.1, -0.05) is 0 Å². The molecule has 36 heavy (non-hydrogen) atoms. The van der Waals surface area contributed by atoms with Gasteiger partial charge >= 0.3 is 6.03 Å². The lowest BCUT2D eigenvalue weighted by Gasteiger charge is -2.27. The Morgan fingerprint density at radius 3 is 2.75 bits per heavy atom. The van der Waals surface area contributed by atoms with Crippen molar-refractivity contribution in [1.82, 2.24) is 25.2 Å². The number of rotatable bonds is 7. The van der Waals surface area contributed by atoms with Crippen molar-refractivity contribution >= 4 is 50.9 Å². The molecular formula is C25H23N7O3S. The summed E-state index contributed by atoms with van der Waals surface area (Å²) in [6.45, 7) is 4.14. The van der Waals surface area contributed by atoms with Gasteiger partial charge in [0.25, 0.3) is 11.8 Å². The van der Waals surface area contributed by atoms with E-state index in [4.69, 9.17) is 0 Å². The second-order valence-corrected chi connectivity index (χ2v) is 9.81. The molecule has 0 saturated carbocycles. The molecule has 3 aromatic heterocycles. The number of imide groups is 1. The van der Waals surface area contributed by atoms with Crippen molar-refractivity contribution < 1.29 is 14.4 Å². The molecular weight excluding hydrogens is 478 g/mol. The van der Waals surface area contributed by atoms with Gasteiger partial charge < -0.3 is 15.5 Å². The maximum atomic E-state index is 12.4. The molecule has 1 saturated heterocycles. The van der Waals surface area contributed by atoms with Gasteiger partial charge in [-0.2, -0.15) is 0 Å². The SMILES string of the molecule is CC1(C)C(=O)NC(=O)N1CCNc1nccc(-c2cc3cc(NC(=O)c4cccnc4)ccc3s2)n1. The molecule has 4 heterocycles. The Bertz CT molecular complexity index is 1470. The predicted octanol–water partition coefficient (Wildman–Crippen LogP) is 3.75. The summed E-state index contributed by atoms with van der Waals surface area (Å²) in [7, 11) is 0. The molecule has 1 aliphatic rings. The first-order valence-electron chi connectivity index (χ1n) is 11.3. The van der Waals surface area contributed by atoms with Crippen LogP contribution in [0.25, 0.3) is 20.7 Å². The molecule has 0 radical (unpaired) electrons. The van der Waals surface area contributed by atoms with Crippen molar-refractivity contribution in [2.75, 3.05) is 23.7 Å². The molecule has 0 atom stereocenters. The molecule has 1 aromatic carbocycles. The minimum absolute atomic E-state index is 0.219. The quantitative estimate of drug-likeness (QED) is 0.329. The number of amides is 4. The second kappa shape index (κ2) is 9.34. The normalized spacial score (nSPS) is 14.7. The summed E-state index contributed by atoms with van der Waals surface area (Å²) >= 11 is 1.59. The second-order valence-electron chi connectivity index (χ2n) is 8.72. The van der Waals surface area contributed by atoms with Gasteiger partial charge in [0.05, 0.1) is 16.1 Å². The van der Waals surface area contributed by atoms with Crippen LogP contribution >= 0.6 is 11.3 Å². The highest BCUT2D eigenvalue weighted by molar-refractivity contribution is 7.22. The third-order valence-corrected chi connectivity index (χ3v) is 7.06. The number of nitrogens with zero attached hydrogens (tertiary/aromatic N) is 4. The number of thiophene rings is 1. The number of urea groups is 1. The monoisotopic (exact) mass is 501 g/mol. The first kappa shape index (κ1) is 23.4. The Labute approximate surface area is 210 Å². The topological polar surface area (TPSA) is 129 Å². The zero-order chi connectivity index (χ0) is 25.3. The summed E-state index contributed by atoms with van der Waals surface area (Å²) in [6, 6.07) is 12.6. The molecule has 1 aliphatic heterocycles. The third kappa shape index (κ3) is 4.60. The van der Waals surface area contributed by atoms with Gasteiger partial charge in [-0.15, -0.1) is 11.3 Å². The molecule has 4 aromatic rings. The van der Waals surface area contributed by atoms with E-state index in [-0.39, 0.29) is 11.8 Å². The molecule has 5 rings (SSSR count). The Morgan fingerprint density at radius 1 is 1.14 bits per heavy atom. The zero-order valence-electron chi connectivity index (χ0n) is 19.6. The predicted molar refractivity (Wildman–Crippen MR) is 138 cm³/mol. The fourth-order valence-electron chi connectivity index (χ4n) is 3.88. The Balaban J connectivity index is 1.27. The van der Waals surface area contributed by atoms with E-state index in [1.165, 1.54) is 11.1 Å². The number of carbonyl (C=O) groups excluding carboxylic acids is 3. The van der Waals surface area contributed by atoms with Gasteiger partial charge in [-0.05, 0) is 61.7 Å². The van der Waals surface area contributed by atoms with Crippen molar-refractivity contribution in [2.24, 2.45) is 0 Å². The van der Waals surface area contributed by atoms with Crippen molar-refractivity contribution in [2.45, 2.75) is 19.4 Å². The fourth-order valence-corrected chi connectivity index (χ4v) is 4.90. The van der Waals surface area contributed by atoms with Crippen LogP contribution in [0.15, 0.2) is 61.1 Å². The summed E-state index contributed by atoms with van der Waals surface area (Å²) in [5.74, 6) is -0.1000. The van der Waals surface area contributed by atoms with Gasteiger partial charge in [0, 0.05) is 42.1 Å². The number of benzene rings is 1. The van der Waals surface area contributed by atoms with Crippen LogP contribution in [0.3, 0.4) is 0 Å². The van der Waals surface area contributed by atoms with E-state index < -0.39 is 11.6 Å². The summed E-state index contributed by atoms with van der Waals surface area (Å²) < 4.78 is 1.06. The lowest BCUT2D eigenvalue weighted by molar-refractivity contribution is -0.125. The van der Waals surface area contributed by atoms with Gasteiger partial charge in [0.1, 0.15) is 5.54 Å². The van der Waals surface area contributed by atoms with Gasteiger partial charge in [0.15, 0.2) is 0 Å². The van der Waals surface area contributed by atoms with E-state index in [1.54, 1.807) is 49.7 Å². The summed E-state index contributed by atoms with van der Waals surface area (Å²) in [5.41, 5.74) is 1.04. The highest BCUT2D eigenvalue weighted by Crippen LogP contribution is 2.34. The number of hydrogen-bond acceptors (Lipinski definition) is 8. The molecule has 0 bridgehead atoms. The standard InChI is InChI=1S/C25H23N7O3S/c1-25(2)22(34)31-24(35)32(25)11-10-28-23-27-9-7-18(30-23)20-13-16-12-17(5-6-19(16)36-20)29-21(33)15-4-3-8-26-14-15/h3-9,12-14H,10-11H2,1-2H3,(H,29,33)(H,27,28,30)(H,31,34,35). The number of pyridine rings is 1. The molecule has 182 valence electrons. The first-order valence-corrected chi connectivity index (χ1v) is 12.1. The van der Waals surface area contributed by atoms with E-state index in [0.717, 1.165) is 20.7 Å². The summed E-state index contributed by atoms with van der Waals surface area (Å²) in [5, 5.41) is 9.36. The number of fused-ring (bicyclic) bond motifs is 1. The third-order valence-electron chi connectivity index (χ3n) is 5.92. The number of nitrogens with one attached hydrogen (secondary N) is 3. The molecule has 10 nitrogen and oxygen atoms in total. The van der Waals surface area contributed by atoms with Gasteiger partial charge in [0.2, 0.25) is 5.95 Å². The number of hydrogen-bond donors (Lipinski definition) is 3. The molecule has 0 aliphatic carbocycles. The van der Waals surface area contributed by atoms with E-state index in [2.05, 4.69) is 30.9 Å². The van der Waals surface area contributed by atoms with Gasteiger partial charge in [-0.3, -0.25) is 19.9 Å². The van der Waals surface area contributed by atoms with Crippen LogP contribution < -0.4 is 16.0 Å². The van der Waals surface area contributed by atoms with Crippen molar-refractivity contribution in [3.8, 4) is 10.6 Å². The maximum Gasteiger partial charge on any atom is 0.325 e. The van der Waals surface area contributed by atoms with E-state index >= 15 is 0 Å². The number of carbonyl (C=O) groups is 3. The van der Waals surface area contributed by atoms with Crippen molar-refractivity contribution in [3.05, 3.63) is 66.6 Å². The lowest BCUT2D eigenvalue weighted by atomic mass is 10.0. The first-order chi connectivity index (χ1) is 17.3. The van der Waals surface area contributed by atoms with Crippen molar-refractivity contribution in [3.63, 3.8) is 0 Å². The van der Waals surface area contributed by atoms with Crippen LogP contribution in [0.2, 0.25) is 0 Å². The highest BCUT2D eigenvalue weighted by atomic mass is 32.1. The van der Waals surface area contributed by atoms with Crippen LogP contribution in [-0.2, 0) is 4.79 Å². The van der Waals surface area contributed by atoms with Crippen molar-refractivity contribution in [1.29, 1.82) is 0 Å². The molecule has 4 amide bonds. The molecule has 11 heteroatoms. The van der Waals surface area contributed by atoms with Crippen LogP contribution in [0.1, 0.15) is 24.2 Å². The van der Waals surface area contributed by atoms with Gasteiger partial charge in [-0.25, -0.2) is 14.8 Å². The average Bonchev–Trinajstić information content (AvgIpc) is 3.38. The molecule has 3 N–H and O–H groups in total. The van der Waals surface area contributed by atoms with Crippen LogP contribution in [0, 0.1) is 0 Å². The number of anilines is 2. The number of aromatic nitrogens is 3. The van der Waals surface area contributed by atoms with Crippen LogP contribution in [0.5, 0.6) is 0 Å². The fraction of sp³-hybridized carbons (Fsp3) is 0.200. The highest BCUT2D eigenvalue weighted by Gasteiger charge is 2.45. The average molecular weight is 502 g/mol. The minimum atomic E-state index is -0.894. The summed E-state index contributed by atoms with van der Waals surface area (Å²) in [4.78, 5) is 51.7. The van der Waals surface area contributed by atoms with Crippen LogP contribution in [-0.4, -0.2) is 56.3 Å². The van der Waals surface area contributed by atoms with E-state index in [9.17, 15) is 14.4 Å². The Kier molecular flexibility index (Phi) is 6.06. The summed E-state index contributed by atoms with van der Waals surface area (Å²) in [6.07, 6.45) is 4.82. The molecule has 1 fully saturated rings. The van der Waals surface area contributed by atoms with E-state index in [0.29, 0.717) is 30.3 Å². The lowest BCUT2D eigenvalue weighted by Crippen LogP contribution is -2.46. The molecule has 0 spiro atoms. The Morgan fingerprint density at radius 2 is 2.00 bits per heavy atom. The van der Waals surface area contributed by atoms with E-state index in [1.807, 2.05) is 30.3 Å². The Hall–Kier alpha value is -4.38. The maximum absolute atomic E-state index is 12.4. The zero-order valence-corrected chi connectivity index (χ0v) is 20.4. The van der Waals surface area contributed by atoms with Crippen LogP contribution in [0.4, 0.5) is 16.4 Å².